The zero-order valence-corrected chi connectivity index (χ0v) is 21.6. The molecule has 6 heteroatoms. The maximum absolute atomic E-state index is 10.5. The van der Waals surface area contributed by atoms with Crippen molar-refractivity contribution in [2.24, 2.45) is 0 Å². The van der Waals surface area contributed by atoms with E-state index in [1.165, 1.54) is 65.0 Å². The van der Waals surface area contributed by atoms with Crippen LogP contribution in [0.1, 0.15) is 70.0 Å². The molecule has 4 aromatic rings. The number of hydrogen-bond donors (Lipinski definition) is 1. The Morgan fingerprint density at radius 2 is 1.78 bits per heavy atom. The van der Waals surface area contributed by atoms with E-state index in [1.54, 1.807) is 13.8 Å². The molecule has 0 radical (unpaired) electrons. The Morgan fingerprint density at radius 3 is 2.44 bits per heavy atom. The smallest absolute Gasteiger partial charge is 0.124 e. The molecule has 2 aromatic heterocycles. The number of fused-ring (bicyclic) bond motifs is 2. The first-order valence-electron chi connectivity index (χ1n) is 12.7. The highest BCUT2D eigenvalue weighted by Crippen LogP contribution is 2.38. The average Bonchev–Trinajstić information content (AvgIpc) is 3.66. The van der Waals surface area contributed by atoms with Crippen LogP contribution in [0.2, 0.25) is 0 Å². The van der Waals surface area contributed by atoms with E-state index in [9.17, 15) is 5.11 Å². The lowest BCUT2D eigenvalue weighted by Gasteiger charge is -2.15. The third kappa shape index (κ3) is 4.40. The van der Waals surface area contributed by atoms with Crippen LogP contribution in [0, 0.1) is 0 Å². The fourth-order valence-corrected chi connectivity index (χ4v) is 6.34. The van der Waals surface area contributed by atoms with Gasteiger partial charge in [-0.3, -0.25) is 0 Å². The first-order chi connectivity index (χ1) is 17.5. The van der Waals surface area contributed by atoms with Crippen LogP contribution in [0.25, 0.3) is 11.3 Å². The van der Waals surface area contributed by atoms with Gasteiger partial charge >= 0.3 is 0 Å². The highest BCUT2D eigenvalue weighted by Gasteiger charge is 2.26. The van der Waals surface area contributed by atoms with E-state index in [-0.39, 0.29) is 0 Å². The van der Waals surface area contributed by atoms with Gasteiger partial charge in [-0.1, -0.05) is 36.4 Å². The van der Waals surface area contributed by atoms with Crippen LogP contribution in [-0.4, -0.2) is 19.9 Å². The molecule has 5 nitrogen and oxygen atoms in total. The third-order valence-electron chi connectivity index (χ3n) is 7.15. The predicted octanol–water partition coefficient (Wildman–Crippen LogP) is 6.14. The van der Waals surface area contributed by atoms with Crippen LogP contribution in [0.4, 0.5) is 0 Å². The van der Waals surface area contributed by atoms with Crippen LogP contribution in [0.3, 0.4) is 0 Å². The zero-order chi connectivity index (χ0) is 24.7. The second-order valence-corrected chi connectivity index (χ2v) is 11.3. The van der Waals surface area contributed by atoms with Crippen molar-refractivity contribution in [1.82, 2.24) is 14.8 Å². The van der Waals surface area contributed by atoms with Crippen molar-refractivity contribution in [3.8, 4) is 5.69 Å². The summed E-state index contributed by atoms with van der Waals surface area (Å²) in [5.41, 5.74) is 9.27. The van der Waals surface area contributed by atoms with Gasteiger partial charge in [0.1, 0.15) is 17.2 Å². The SMILES string of the molecule is CC(C)(O)c1ncc(C(=COCc2ccccc2)c2cnn(-c3c4c(cc5c3CCC5)CCC4)c2)s1. The highest BCUT2D eigenvalue weighted by atomic mass is 32.1. The van der Waals surface area contributed by atoms with E-state index in [2.05, 4.69) is 34.1 Å². The van der Waals surface area contributed by atoms with Gasteiger partial charge in [0.2, 0.25) is 0 Å². The van der Waals surface area contributed by atoms with Crippen LogP contribution in [0.5, 0.6) is 0 Å². The summed E-state index contributed by atoms with van der Waals surface area (Å²) in [6, 6.07) is 12.6. The van der Waals surface area contributed by atoms with Crippen molar-refractivity contribution in [3.63, 3.8) is 0 Å². The highest BCUT2D eigenvalue weighted by molar-refractivity contribution is 7.13. The van der Waals surface area contributed by atoms with Gasteiger partial charge in [-0.25, -0.2) is 9.67 Å². The molecule has 0 amide bonds. The van der Waals surface area contributed by atoms with Gasteiger partial charge in [-0.2, -0.15) is 5.10 Å². The van der Waals surface area contributed by atoms with Crippen molar-refractivity contribution in [2.75, 3.05) is 0 Å². The monoisotopic (exact) mass is 497 g/mol. The lowest BCUT2D eigenvalue weighted by atomic mass is 9.99. The zero-order valence-electron chi connectivity index (χ0n) is 20.8. The number of thiazole rings is 1. The van der Waals surface area contributed by atoms with Crippen LogP contribution in [0.15, 0.2) is 61.3 Å². The number of benzene rings is 2. The number of aryl methyl sites for hydroxylation is 2. The number of nitrogens with zero attached hydrogens (tertiary/aromatic N) is 3. The lowest BCUT2D eigenvalue weighted by Crippen LogP contribution is -2.14. The van der Waals surface area contributed by atoms with E-state index in [1.807, 2.05) is 36.9 Å². The predicted molar refractivity (Wildman–Crippen MR) is 143 cm³/mol. The summed E-state index contributed by atoms with van der Waals surface area (Å²) >= 11 is 1.49. The molecule has 2 aromatic carbocycles. The van der Waals surface area contributed by atoms with Crippen molar-refractivity contribution in [3.05, 3.63) is 105 Å². The van der Waals surface area contributed by atoms with Gasteiger partial charge < -0.3 is 9.84 Å². The summed E-state index contributed by atoms with van der Waals surface area (Å²) in [4.78, 5) is 5.45. The van der Waals surface area contributed by atoms with E-state index in [0.29, 0.717) is 11.6 Å². The molecule has 0 saturated carbocycles. The molecule has 0 spiro atoms. The number of rotatable bonds is 7. The average molecular weight is 498 g/mol. The maximum atomic E-state index is 10.5. The summed E-state index contributed by atoms with van der Waals surface area (Å²) in [7, 11) is 0. The van der Waals surface area contributed by atoms with Gasteiger partial charge in [0.05, 0.1) is 23.0 Å². The van der Waals surface area contributed by atoms with Gasteiger partial charge in [-0.05, 0) is 80.2 Å². The molecule has 2 heterocycles. The summed E-state index contributed by atoms with van der Waals surface area (Å²) in [5.74, 6) is 0. The van der Waals surface area contributed by atoms with Gasteiger partial charge in [-0.15, -0.1) is 11.3 Å². The fourth-order valence-electron chi connectivity index (χ4n) is 5.39. The Morgan fingerprint density at radius 1 is 1.06 bits per heavy atom. The van der Waals surface area contributed by atoms with Crippen LogP contribution < -0.4 is 0 Å². The molecule has 36 heavy (non-hydrogen) atoms. The second kappa shape index (κ2) is 9.34. The van der Waals surface area contributed by atoms with Gasteiger partial charge in [0.25, 0.3) is 0 Å². The molecule has 0 saturated heterocycles. The third-order valence-corrected chi connectivity index (χ3v) is 8.50. The van der Waals surface area contributed by atoms with E-state index in [0.717, 1.165) is 34.4 Å². The molecule has 0 atom stereocenters. The Hall–Kier alpha value is -3.22. The van der Waals surface area contributed by atoms with Crippen LogP contribution in [-0.2, 0) is 42.6 Å². The number of hydrogen-bond acceptors (Lipinski definition) is 5. The maximum Gasteiger partial charge on any atom is 0.124 e. The summed E-state index contributed by atoms with van der Waals surface area (Å²) < 4.78 is 8.16. The minimum absolute atomic E-state index is 0.481. The Labute approximate surface area is 216 Å². The minimum atomic E-state index is -0.992. The fraction of sp³-hybridized carbons (Fsp3) is 0.333. The molecule has 1 N–H and O–H groups in total. The standard InChI is InChI=1S/C30H31N3O2S/c1-30(2,34)29-31-16-27(36-29)26(19-35-18-20-8-4-3-5-9-20)23-15-32-33(17-23)28-24-12-6-10-21(24)14-22-11-7-13-25(22)28/h3-5,8-9,14-17,19,34H,6-7,10-13,18H2,1-2H3. The lowest BCUT2D eigenvalue weighted by molar-refractivity contribution is 0.0783. The summed E-state index contributed by atoms with van der Waals surface area (Å²) in [6.07, 6.45) is 14.7. The first-order valence-corrected chi connectivity index (χ1v) is 13.6. The van der Waals surface area contributed by atoms with Gasteiger partial charge in [0.15, 0.2) is 0 Å². The molecular formula is C30H31N3O2S. The molecular weight excluding hydrogens is 466 g/mol. The molecule has 0 aliphatic heterocycles. The topological polar surface area (TPSA) is 60.2 Å². The summed E-state index contributed by atoms with van der Waals surface area (Å²) in [5, 5.41) is 16.0. The van der Waals surface area contributed by atoms with Crippen LogP contribution >= 0.6 is 11.3 Å². The van der Waals surface area contributed by atoms with Crippen molar-refractivity contribution in [1.29, 1.82) is 0 Å². The van der Waals surface area contributed by atoms with Crippen molar-refractivity contribution in [2.45, 2.75) is 64.6 Å². The summed E-state index contributed by atoms with van der Waals surface area (Å²) in [6.45, 7) is 4.01. The first kappa shape index (κ1) is 23.2. The quantitative estimate of drug-likeness (QED) is 0.312. The van der Waals surface area contributed by atoms with Crippen molar-refractivity contribution >= 4 is 16.9 Å². The van der Waals surface area contributed by atoms with E-state index < -0.39 is 5.60 Å². The second-order valence-electron chi connectivity index (χ2n) is 10.3. The largest absolute Gasteiger partial charge is 0.496 e. The van der Waals surface area contributed by atoms with E-state index >= 15 is 0 Å². The van der Waals surface area contributed by atoms with Crippen molar-refractivity contribution < 1.29 is 9.84 Å². The Kier molecular flexibility index (Phi) is 6.02. The normalized spacial score (nSPS) is 15.2. The van der Waals surface area contributed by atoms with E-state index in [4.69, 9.17) is 9.84 Å². The molecule has 184 valence electrons. The number of aliphatic hydroxyl groups is 1. The molecule has 0 bridgehead atoms. The minimum Gasteiger partial charge on any atom is -0.496 e. The Bertz CT molecular complexity index is 1390. The van der Waals surface area contributed by atoms with Gasteiger partial charge in [0, 0.05) is 23.5 Å². The molecule has 6 rings (SSSR count). The molecule has 0 unspecified atom stereocenters. The number of aromatic nitrogens is 3. The Balaban J connectivity index is 1.39. The molecule has 2 aliphatic carbocycles. The molecule has 2 aliphatic rings. The molecule has 0 fully saturated rings. The number of ether oxygens (including phenoxy) is 1.